The number of hydrogen-bond donors (Lipinski definition) is 1. The summed E-state index contributed by atoms with van der Waals surface area (Å²) in [6.07, 6.45) is -0.583. The lowest BCUT2D eigenvalue weighted by atomic mass is 10.4. The largest absolute Gasteiger partial charge is 0.481 e. The van der Waals surface area contributed by atoms with Gasteiger partial charge in [-0.25, -0.2) is 4.79 Å². The fourth-order valence-electron chi connectivity index (χ4n) is 0.949. The molecule has 0 saturated heterocycles. The molecule has 6 nitrogen and oxygen atoms in total. The number of hydrogen-bond acceptors (Lipinski definition) is 5. The zero-order valence-electron chi connectivity index (χ0n) is 8.73. The summed E-state index contributed by atoms with van der Waals surface area (Å²) in [5.74, 6) is 0.669. The van der Waals surface area contributed by atoms with Crippen LogP contribution in [0.1, 0.15) is 0 Å². The van der Waals surface area contributed by atoms with E-state index in [-0.39, 0.29) is 5.88 Å². The van der Waals surface area contributed by atoms with Gasteiger partial charge in [0, 0.05) is 6.07 Å². The highest BCUT2D eigenvalue weighted by atomic mass is 16.5. The summed E-state index contributed by atoms with van der Waals surface area (Å²) < 4.78 is 14.3. The molecule has 0 aliphatic heterocycles. The smallest absolute Gasteiger partial charge is 0.411 e. The molecular formula is C9H12N2O4. The van der Waals surface area contributed by atoms with Gasteiger partial charge in [0.15, 0.2) is 0 Å². The molecule has 0 fully saturated rings. The van der Waals surface area contributed by atoms with Gasteiger partial charge in [-0.3, -0.25) is 5.32 Å². The van der Waals surface area contributed by atoms with Crippen LogP contribution in [0.3, 0.4) is 0 Å². The van der Waals surface area contributed by atoms with Crippen molar-refractivity contribution >= 4 is 11.8 Å². The molecule has 0 aliphatic rings. The Morgan fingerprint density at radius 2 is 2.00 bits per heavy atom. The second-order valence-electron chi connectivity index (χ2n) is 2.53. The van der Waals surface area contributed by atoms with E-state index in [1.54, 1.807) is 12.1 Å². The topological polar surface area (TPSA) is 69.7 Å². The quantitative estimate of drug-likeness (QED) is 0.817. The number of carbonyl (C=O) groups is 1. The number of rotatable bonds is 3. The van der Waals surface area contributed by atoms with Gasteiger partial charge in [0.2, 0.25) is 11.8 Å². The van der Waals surface area contributed by atoms with Crippen LogP contribution in [0, 0.1) is 0 Å². The maximum absolute atomic E-state index is 11.0. The van der Waals surface area contributed by atoms with Crippen molar-refractivity contribution in [3.8, 4) is 11.8 Å². The van der Waals surface area contributed by atoms with Crippen molar-refractivity contribution in [1.29, 1.82) is 0 Å². The number of amides is 1. The lowest BCUT2D eigenvalue weighted by Crippen LogP contribution is -2.12. The van der Waals surface area contributed by atoms with Gasteiger partial charge in [-0.1, -0.05) is 0 Å². The van der Waals surface area contributed by atoms with Crippen LogP contribution in [-0.2, 0) is 4.74 Å². The molecule has 1 amide bonds. The normalized spacial score (nSPS) is 9.27. The monoisotopic (exact) mass is 212 g/mol. The summed E-state index contributed by atoms with van der Waals surface area (Å²) >= 11 is 0. The van der Waals surface area contributed by atoms with Crippen molar-refractivity contribution < 1.29 is 19.0 Å². The number of nitrogens with one attached hydrogen (secondary N) is 1. The predicted octanol–water partition coefficient (Wildman–Crippen LogP) is 1.28. The first-order valence-corrected chi connectivity index (χ1v) is 4.15. The molecule has 1 aromatic heterocycles. The van der Waals surface area contributed by atoms with Crippen molar-refractivity contribution in [3.05, 3.63) is 12.1 Å². The Morgan fingerprint density at radius 3 is 2.53 bits per heavy atom. The first-order valence-electron chi connectivity index (χ1n) is 4.15. The van der Waals surface area contributed by atoms with Crippen molar-refractivity contribution in [2.24, 2.45) is 0 Å². The van der Waals surface area contributed by atoms with Gasteiger partial charge in [-0.15, -0.1) is 0 Å². The zero-order valence-corrected chi connectivity index (χ0v) is 8.73. The summed E-state index contributed by atoms with van der Waals surface area (Å²) in [7, 11) is 4.22. The molecule has 0 bridgehead atoms. The van der Waals surface area contributed by atoms with E-state index in [4.69, 9.17) is 9.47 Å². The van der Waals surface area contributed by atoms with Crippen molar-refractivity contribution in [2.75, 3.05) is 26.6 Å². The van der Waals surface area contributed by atoms with E-state index < -0.39 is 6.09 Å². The first kappa shape index (κ1) is 11.1. The van der Waals surface area contributed by atoms with Crippen LogP contribution < -0.4 is 14.8 Å². The fraction of sp³-hybridized carbons (Fsp3) is 0.333. The third-order valence-corrected chi connectivity index (χ3v) is 1.66. The summed E-state index contributed by atoms with van der Waals surface area (Å²) in [4.78, 5) is 14.9. The fourth-order valence-corrected chi connectivity index (χ4v) is 0.949. The molecule has 0 unspecified atom stereocenters. The standard InChI is InChI=1S/C9H12N2O4/c1-13-7-5-4-6(8(11-7)14-2)10-9(12)15-3/h4-5H,1-3H3,(H,10,12). The SMILES string of the molecule is COC(=O)Nc1ccc(OC)nc1OC. The Morgan fingerprint density at radius 1 is 1.27 bits per heavy atom. The minimum Gasteiger partial charge on any atom is -0.481 e. The molecule has 0 spiro atoms. The minimum absolute atomic E-state index is 0.264. The van der Waals surface area contributed by atoms with Gasteiger partial charge in [0.05, 0.1) is 21.3 Å². The van der Waals surface area contributed by atoms with Crippen molar-refractivity contribution in [3.63, 3.8) is 0 Å². The summed E-state index contributed by atoms with van der Waals surface area (Å²) in [6.45, 7) is 0. The molecule has 1 N–H and O–H groups in total. The molecular weight excluding hydrogens is 200 g/mol. The van der Waals surface area contributed by atoms with E-state index >= 15 is 0 Å². The Bertz CT molecular complexity index is 354. The number of aromatic nitrogens is 1. The number of nitrogens with zero attached hydrogens (tertiary/aromatic N) is 1. The van der Waals surface area contributed by atoms with E-state index in [1.165, 1.54) is 21.3 Å². The van der Waals surface area contributed by atoms with Crippen LogP contribution >= 0.6 is 0 Å². The molecule has 0 saturated carbocycles. The molecule has 15 heavy (non-hydrogen) atoms. The van der Waals surface area contributed by atoms with Crippen LogP contribution in [0.25, 0.3) is 0 Å². The van der Waals surface area contributed by atoms with E-state index in [9.17, 15) is 4.79 Å². The van der Waals surface area contributed by atoms with Gasteiger partial charge in [0.1, 0.15) is 5.69 Å². The molecule has 6 heteroatoms. The average Bonchev–Trinajstić information content (AvgIpc) is 2.29. The Labute approximate surface area is 87.2 Å². The molecule has 0 aliphatic carbocycles. The zero-order chi connectivity index (χ0) is 11.3. The van der Waals surface area contributed by atoms with Crippen LogP contribution in [0.15, 0.2) is 12.1 Å². The van der Waals surface area contributed by atoms with Crippen LogP contribution in [0.2, 0.25) is 0 Å². The average molecular weight is 212 g/mol. The van der Waals surface area contributed by atoms with Crippen molar-refractivity contribution in [2.45, 2.75) is 0 Å². The van der Waals surface area contributed by atoms with Crippen molar-refractivity contribution in [1.82, 2.24) is 4.98 Å². The first-order chi connectivity index (χ1) is 7.21. The lowest BCUT2D eigenvalue weighted by molar-refractivity contribution is 0.186. The van der Waals surface area contributed by atoms with Crippen LogP contribution in [0.5, 0.6) is 11.8 Å². The molecule has 0 atom stereocenters. The van der Waals surface area contributed by atoms with Gasteiger partial charge in [0.25, 0.3) is 0 Å². The second kappa shape index (κ2) is 5.04. The Balaban J connectivity index is 2.92. The molecule has 82 valence electrons. The molecule has 1 aromatic rings. The van der Waals surface area contributed by atoms with Gasteiger partial charge in [-0.2, -0.15) is 4.98 Å². The number of pyridine rings is 1. The lowest BCUT2D eigenvalue weighted by Gasteiger charge is -2.09. The van der Waals surface area contributed by atoms with Gasteiger partial charge in [-0.05, 0) is 6.07 Å². The molecule has 0 radical (unpaired) electrons. The van der Waals surface area contributed by atoms with Crippen LogP contribution in [-0.4, -0.2) is 32.4 Å². The second-order valence-corrected chi connectivity index (χ2v) is 2.53. The van der Waals surface area contributed by atoms with E-state index in [2.05, 4.69) is 15.0 Å². The van der Waals surface area contributed by atoms with E-state index in [0.29, 0.717) is 11.6 Å². The molecule has 1 heterocycles. The van der Waals surface area contributed by atoms with E-state index in [1.807, 2.05) is 0 Å². The predicted molar refractivity (Wildman–Crippen MR) is 53.4 cm³/mol. The Hall–Kier alpha value is -1.98. The summed E-state index contributed by atoms with van der Waals surface area (Å²) in [5.41, 5.74) is 0.421. The van der Waals surface area contributed by atoms with Gasteiger partial charge >= 0.3 is 6.09 Å². The maximum Gasteiger partial charge on any atom is 0.411 e. The highest BCUT2D eigenvalue weighted by Crippen LogP contribution is 2.24. The molecule has 1 rings (SSSR count). The minimum atomic E-state index is -0.583. The molecule has 0 aromatic carbocycles. The third-order valence-electron chi connectivity index (χ3n) is 1.66. The highest BCUT2D eigenvalue weighted by Gasteiger charge is 2.09. The highest BCUT2D eigenvalue weighted by molar-refractivity contribution is 5.86. The number of anilines is 1. The van der Waals surface area contributed by atoms with E-state index in [0.717, 1.165) is 0 Å². The van der Waals surface area contributed by atoms with Crippen LogP contribution in [0.4, 0.5) is 10.5 Å². The number of ether oxygens (including phenoxy) is 3. The number of carbonyl (C=O) groups excluding carboxylic acids is 1. The van der Waals surface area contributed by atoms with Gasteiger partial charge < -0.3 is 14.2 Å². The number of methoxy groups -OCH3 is 3. The maximum atomic E-state index is 11.0. The summed E-state index contributed by atoms with van der Waals surface area (Å²) in [6, 6.07) is 3.22. The Kier molecular flexibility index (Phi) is 3.73. The third kappa shape index (κ3) is 2.73. The summed E-state index contributed by atoms with van der Waals surface area (Å²) in [5, 5.41) is 2.46.